The molecule has 4 atom stereocenters. The van der Waals surface area contributed by atoms with E-state index >= 15 is 0 Å². The second kappa shape index (κ2) is 7.96. The number of allylic oxidation sites excluding steroid dienone is 2. The fourth-order valence-electron chi connectivity index (χ4n) is 4.10. The number of benzene rings is 1. The summed E-state index contributed by atoms with van der Waals surface area (Å²) in [6.07, 6.45) is 0.675. The Morgan fingerprint density at radius 2 is 2.00 bits per heavy atom. The summed E-state index contributed by atoms with van der Waals surface area (Å²) in [5.41, 5.74) is 1.06. The lowest BCUT2D eigenvalue weighted by Gasteiger charge is -2.35. The lowest BCUT2D eigenvalue weighted by atomic mass is 9.82. The molecule has 160 valence electrons. The first-order chi connectivity index (χ1) is 14.3. The van der Waals surface area contributed by atoms with Crippen molar-refractivity contribution < 1.29 is 39.1 Å². The van der Waals surface area contributed by atoms with Crippen LogP contribution in [0.15, 0.2) is 23.5 Å². The van der Waals surface area contributed by atoms with Gasteiger partial charge in [0, 0.05) is 11.1 Å². The molecule has 8 heteroatoms. The SMILES string of the molecule is CCC[C@H]1OC(C)=Cc2cc3c(c(O)c21)C(=O)C(C1OC[C@H](O)[C@@H](CO)O1)=CC3=O. The highest BCUT2D eigenvalue weighted by molar-refractivity contribution is 6.26. The molecule has 0 aromatic heterocycles. The minimum atomic E-state index is -1.23. The number of aliphatic hydroxyl groups excluding tert-OH is 2. The summed E-state index contributed by atoms with van der Waals surface area (Å²) < 4.78 is 16.7. The number of aliphatic hydroxyl groups is 2. The van der Waals surface area contributed by atoms with Gasteiger partial charge in [-0.1, -0.05) is 13.3 Å². The van der Waals surface area contributed by atoms with Crippen molar-refractivity contribution in [3.63, 3.8) is 0 Å². The van der Waals surface area contributed by atoms with E-state index in [1.54, 1.807) is 19.1 Å². The topological polar surface area (TPSA) is 123 Å². The molecule has 1 saturated heterocycles. The normalized spacial score (nSPS) is 28.3. The molecular formula is C22H24O8. The molecule has 0 amide bonds. The first kappa shape index (κ1) is 20.7. The summed E-state index contributed by atoms with van der Waals surface area (Å²) in [6, 6.07) is 1.61. The van der Waals surface area contributed by atoms with Crippen molar-refractivity contribution >= 4 is 17.6 Å². The van der Waals surface area contributed by atoms with Crippen LogP contribution in [-0.4, -0.2) is 58.6 Å². The van der Waals surface area contributed by atoms with Gasteiger partial charge in [0.2, 0.25) is 0 Å². The number of phenols is 1. The Hall–Kier alpha value is -2.52. The van der Waals surface area contributed by atoms with E-state index in [4.69, 9.17) is 14.2 Å². The molecule has 1 aromatic rings. The highest BCUT2D eigenvalue weighted by Crippen LogP contribution is 2.44. The summed E-state index contributed by atoms with van der Waals surface area (Å²) in [5.74, 6) is -0.655. The predicted molar refractivity (Wildman–Crippen MR) is 105 cm³/mol. The summed E-state index contributed by atoms with van der Waals surface area (Å²) in [6.45, 7) is 3.17. The Morgan fingerprint density at radius 3 is 2.70 bits per heavy atom. The van der Waals surface area contributed by atoms with E-state index in [1.807, 2.05) is 6.92 Å². The van der Waals surface area contributed by atoms with Crippen molar-refractivity contribution in [1.82, 2.24) is 0 Å². The van der Waals surface area contributed by atoms with Gasteiger partial charge >= 0.3 is 0 Å². The van der Waals surface area contributed by atoms with Gasteiger partial charge in [0.15, 0.2) is 17.9 Å². The molecule has 1 unspecified atom stereocenters. The van der Waals surface area contributed by atoms with Crippen LogP contribution in [0.5, 0.6) is 5.75 Å². The Balaban J connectivity index is 1.77. The van der Waals surface area contributed by atoms with Crippen LogP contribution in [-0.2, 0) is 14.2 Å². The zero-order valence-electron chi connectivity index (χ0n) is 16.8. The maximum absolute atomic E-state index is 13.3. The number of carbonyl (C=O) groups excluding carboxylic acids is 2. The zero-order chi connectivity index (χ0) is 21.6. The molecule has 0 radical (unpaired) electrons. The predicted octanol–water partition coefficient (Wildman–Crippen LogP) is 2.02. The van der Waals surface area contributed by atoms with Gasteiger partial charge in [0.1, 0.15) is 24.1 Å². The molecule has 2 aliphatic heterocycles. The number of phenolic OH excluding ortho intramolecular Hbond substituents is 1. The molecule has 1 fully saturated rings. The van der Waals surface area contributed by atoms with Crippen molar-refractivity contribution in [2.45, 2.75) is 51.3 Å². The van der Waals surface area contributed by atoms with Crippen LogP contribution in [0.25, 0.3) is 6.08 Å². The Kier molecular flexibility index (Phi) is 5.50. The molecular weight excluding hydrogens is 392 g/mol. The van der Waals surface area contributed by atoms with Gasteiger partial charge in [0.05, 0.1) is 30.1 Å². The second-order valence-corrected chi connectivity index (χ2v) is 7.68. The number of aromatic hydroxyl groups is 1. The third-order valence-electron chi connectivity index (χ3n) is 5.55. The van der Waals surface area contributed by atoms with Gasteiger partial charge in [-0.05, 0) is 37.1 Å². The van der Waals surface area contributed by atoms with Crippen molar-refractivity contribution in [2.24, 2.45) is 0 Å². The Labute approximate surface area is 173 Å². The van der Waals surface area contributed by atoms with E-state index in [1.165, 1.54) is 0 Å². The smallest absolute Gasteiger partial charge is 0.198 e. The maximum Gasteiger partial charge on any atom is 0.198 e. The summed E-state index contributed by atoms with van der Waals surface area (Å²) in [7, 11) is 0. The molecule has 1 aromatic carbocycles. The zero-order valence-corrected chi connectivity index (χ0v) is 16.8. The molecule has 3 aliphatic rings. The van der Waals surface area contributed by atoms with Gasteiger partial charge in [-0.25, -0.2) is 0 Å². The molecule has 3 N–H and O–H groups in total. The second-order valence-electron chi connectivity index (χ2n) is 7.68. The number of hydrogen-bond acceptors (Lipinski definition) is 8. The van der Waals surface area contributed by atoms with Crippen LogP contribution in [0.1, 0.15) is 64.6 Å². The minimum absolute atomic E-state index is 0.0800. The quantitative estimate of drug-likeness (QED) is 0.681. The molecule has 0 spiro atoms. The molecule has 0 bridgehead atoms. The van der Waals surface area contributed by atoms with E-state index in [9.17, 15) is 24.9 Å². The van der Waals surface area contributed by atoms with E-state index in [2.05, 4.69) is 0 Å². The molecule has 30 heavy (non-hydrogen) atoms. The third-order valence-corrected chi connectivity index (χ3v) is 5.55. The average molecular weight is 416 g/mol. The first-order valence-electron chi connectivity index (χ1n) is 9.97. The van der Waals surface area contributed by atoms with Crippen LogP contribution < -0.4 is 0 Å². The summed E-state index contributed by atoms with van der Waals surface area (Å²) in [5, 5.41) is 30.2. The molecule has 4 rings (SSSR count). The fourth-order valence-corrected chi connectivity index (χ4v) is 4.10. The van der Waals surface area contributed by atoms with Crippen molar-refractivity contribution in [2.75, 3.05) is 13.2 Å². The van der Waals surface area contributed by atoms with Crippen molar-refractivity contribution in [1.29, 1.82) is 0 Å². The number of fused-ring (bicyclic) bond motifs is 2. The summed E-state index contributed by atoms with van der Waals surface area (Å²) >= 11 is 0. The third kappa shape index (κ3) is 3.35. The van der Waals surface area contributed by atoms with Gasteiger partial charge in [-0.3, -0.25) is 9.59 Å². The van der Waals surface area contributed by atoms with Crippen LogP contribution in [0.3, 0.4) is 0 Å². The molecule has 2 heterocycles. The molecule has 0 saturated carbocycles. The highest BCUT2D eigenvalue weighted by atomic mass is 16.7. The van der Waals surface area contributed by atoms with E-state index in [0.717, 1.165) is 12.5 Å². The van der Waals surface area contributed by atoms with Gasteiger partial charge in [-0.2, -0.15) is 0 Å². The van der Waals surface area contributed by atoms with Crippen LogP contribution >= 0.6 is 0 Å². The Bertz CT molecular complexity index is 960. The van der Waals surface area contributed by atoms with E-state index in [0.29, 0.717) is 23.3 Å². The van der Waals surface area contributed by atoms with Crippen LogP contribution in [0.4, 0.5) is 0 Å². The van der Waals surface area contributed by atoms with Crippen LogP contribution in [0.2, 0.25) is 0 Å². The Morgan fingerprint density at radius 1 is 1.23 bits per heavy atom. The lowest BCUT2D eigenvalue weighted by molar-refractivity contribution is -0.241. The van der Waals surface area contributed by atoms with Gasteiger partial charge in [-0.15, -0.1) is 0 Å². The lowest BCUT2D eigenvalue weighted by Crippen LogP contribution is -2.47. The largest absolute Gasteiger partial charge is 0.507 e. The number of ether oxygens (including phenoxy) is 3. The standard InChI is InChI=1S/C22H24O8/c1-3-4-16-18-11(5-10(2)29-16)6-12-14(24)7-13(20(26)19(12)21(18)27)22-28-9-15(25)17(8-23)30-22/h5-7,15-17,22-23,25,27H,3-4,8-9H2,1-2H3/t15-,16+,17+,22?/m0/s1. The summed E-state index contributed by atoms with van der Waals surface area (Å²) in [4.78, 5) is 26.1. The van der Waals surface area contributed by atoms with E-state index < -0.39 is 42.8 Å². The van der Waals surface area contributed by atoms with Crippen molar-refractivity contribution in [3.05, 3.63) is 45.7 Å². The number of carbonyl (C=O) groups is 2. The number of Topliss-reactive ketones (excluding diaryl/α,β-unsaturated/α-hetero) is 1. The van der Waals surface area contributed by atoms with Gasteiger partial charge in [0.25, 0.3) is 0 Å². The maximum atomic E-state index is 13.3. The molecule has 1 aliphatic carbocycles. The van der Waals surface area contributed by atoms with Crippen molar-refractivity contribution in [3.8, 4) is 5.75 Å². The highest BCUT2D eigenvalue weighted by Gasteiger charge is 2.40. The van der Waals surface area contributed by atoms with Gasteiger partial charge < -0.3 is 29.5 Å². The van der Waals surface area contributed by atoms with Crippen LogP contribution in [0, 0.1) is 0 Å². The number of rotatable bonds is 4. The molecule has 8 nitrogen and oxygen atoms in total. The number of ketones is 2. The monoisotopic (exact) mass is 416 g/mol. The average Bonchev–Trinajstić information content (AvgIpc) is 2.70. The fraction of sp³-hybridized carbons (Fsp3) is 0.455. The first-order valence-corrected chi connectivity index (χ1v) is 9.97. The number of hydrogen-bond donors (Lipinski definition) is 3. The van der Waals surface area contributed by atoms with E-state index in [-0.39, 0.29) is 29.1 Å². The minimum Gasteiger partial charge on any atom is -0.507 e.